The molecule has 0 bridgehead atoms. The molecule has 93 heavy (non-hydrogen) atoms. The Balaban J connectivity index is 5.12. The fourth-order valence-electron chi connectivity index (χ4n) is 11.3. The van der Waals surface area contributed by atoms with E-state index in [0.717, 1.165) is 108 Å². The molecule has 0 fully saturated rings. The molecule has 0 aliphatic heterocycles. The van der Waals surface area contributed by atoms with Crippen molar-refractivity contribution in [1.29, 1.82) is 0 Å². The van der Waals surface area contributed by atoms with Crippen LogP contribution < -0.4 is 0 Å². The Morgan fingerprint density at radius 3 is 0.731 bits per heavy atom. The number of hydrogen-bond donors (Lipinski definition) is 3. The van der Waals surface area contributed by atoms with Gasteiger partial charge in [-0.3, -0.25) is 37.3 Å². The number of phosphoric acid groups is 2. The third-order valence-corrected chi connectivity index (χ3v) is 19.1. The molecule has 19 heteroatoms. The second-order valence-electron chi connectivity index (χ2n) is 27.6. The zero-order valence-electron chi connectivity index (χ0n) is 60.6. The van der Waals surface area contributed by atoms with Crippen molar-refractivity contribution >= 4 is 39.5 Å². The first-order chi connectivity index (χ1) is 44.9. The molecular weight excluding hydrogens is 1220 g/mol. The third kappa shape index (κ3) is 68.4. The first-order valence-corrected chi connectivity index (χ1v) is 41.5. The lowest BCUT2D eigenvalue weighted by Gasteiger charge is -2.21. The number of carbonyl (C=O) groups is 4. The summed E-state index contributed by atoms with van der Waals surface area (Å²) < 4.78 is 68.2. The fraction of sp³-hybridized carbons (Fsp3) is 0.946. The number of aliphatic hydroxyl groups is 1. The smallest absolute Gasteiger partial charge is 0.462 e. The number of hydrogen-bond acceptors (Lipinski definition) is 15. The van der Waals surface area contributed by atoms with Gasteiger partial charge in [0.2, 0.25) is 0 Å². The molecule has 552 valence electrons. The molecule has 0 aromatic rings. The molecule has 0 radical (unpaired) electrons. The monoisotopic (exact) mass is 1370 g/mol. The standard InChI is InChI=1S/C74H144O17P2/c1-7-9-11-13-14-15-16-29-35-40-46-52-58-73(78)90-69(62-84-71(76)56-50-42-12-10-8-2)64-88-92(80,81)86-60-68(75)61-87-93(82,83)89-65-70(63-85-72(77)57-51-45-39-34-30-26-25-28-33-38-44-49-55-67(5)6)91-74(79)59-53-47-41-36-31-24-22-20-18-17-19-21-23-27-32-37-43-48-54-66(3)4/h66-70,75H,7-65H2,1-6H3,(H,80,81)(H,82,83)/t68-,69+,70+/m0/s1. The van der Waals surface area contributed by atoms with Gasteiger partial charge >= 0.3 is 39.5 Å². The van der Waals surface area contributed by atoms with Crippen LogP contribution in [0.4, 0.5) is 0 Å². The maximum Gasteiger partial charge on any atom is 0.472 e. The highest BCUT2D eigenvalue weighted by molar-refractivity contribution is 7.47. The molecular formula is C74H144O17P2. The number of unbranched alkanes of at least 4 members (excludes halogenated alkanes) is 43. The molecule has 2 unspecified atom stereocenters. The maximum atomic E-state index is 13.1. The molecule has 0 aliphatic carbocycles. The number of esters is 4. The van der Waals surface area contributed by atoms with E-state index < -0.39 is 97.5 Å². The highest BCUT2D eigenvalue weighted by Crippen LogP contribution is 2.45. The minimum absolute atomic E-state index is 0.106. The van der Waals surface area contributed by atoms with Crippen molar-refractivity contribution in [2.24, 2.45) is 11.8 Å². The van der Waals surface area contributed by atoms with Gasteiger partial charge < -0.3 is 33.8 Å². The number of rotatable bonds is 73. The van der Waals surface area contributed by atoms with E-state index in [-0.39, 0.29) is 25.7 Å². The lowest BCUT2D eigenvalue weighted by Crippen LogP contribution is -2.30. The van der Waals surface area contributed by atoms with Crippen LogP contribution in [0.1, 0.15) is 382 Å². The predicted molar refractivity (Wildman–Crippen MR) is 377 cm³/mol. The molecule has 0 heterocycles. The third-order valence-electron chi connectivity index (χ3n) is 17.2. The van der Waals surface area contributed by atoms with Crippen LogP contribution in [-0.2, 0) is 65.4 Å². The first kappa shape index (κ1) is 91.1. The van der Waals surface area contributed by atoms with Gasteiger partial charge in [0.05, 0.1) is 26.4 Å². The van der Waals surface area contributed by atoms with Gasteiger partial charge in [-0.05, 0) is 37.5 Å². The van der Waals surface area contributed by atoms with Gasteiger partial charge in [0.15, 0.2) is 12.2 Å². The van der Waals surface area contributed by atoms with Crippen LogP contribution in [0.25, 0.3) is 0 Å². The Morgan fingerprint density at radius 1 is 0.290 bits per heavy atom. The molecule has 0 saturated carbocycles. The summed E-state index contributed by atoms with van der Waals surface area (Å²) in [5, 5.41) is 10.6. The van der Waals surface area contributed by atoms with Crippen LogP contribution in [0.2, 0.25) is 0 Å². The summed E-state index contributed by atoms with van der Waals surface area (Å²) in [7, 11) is -9.90. The molecule has 5 atom stereocenters. The van der Waals surface area contributed by atoms with Gasteiger partial charge in [0.1, 0.15) is 19.3 Å². The maximum absolute atomic E-state index is 13.1. The first-order valence-electron chi connectivity index (χ1n) is 38.5. The number of phosphoric ester groups is 2. The minimum atomic E-state index is -4.95. The van der Waals surface area contributed by atoms with Crippen LogP contribution in [-0.4, -0.2) is 96.7 Å². The van der Waals surface area contributed by atoms with Crippen molar-refractivity contribution < 1.29 is 80.2 Å². The zero-order valence-corrected chi connectivity index (χ0v) is 62.3. The molecule has 0 amide bonds. The quantitative estimate of drug-likeness (QED) is 0.0222. The SMILES string of the molecule is CCCCCCCCCCCCCCC(=O)O[C@H](COC(=O)CCCCCCC)COP(=O)(O)OC[C@H](O)COP(=O)(O)OC[C@@H](COC(=O)CCCCCCCCCCCCCCC(C)C)OC(=O)CCCCCCCCCCCCCCCCCCCCC(C)C. The molecule has 0 aromatic carbocycles. The summed E-state index contributed by atoms with van der Waals surface area (Å²) in [6, 6.07) is 0. The van der Waals surface area contributed by atoms with Crippen molar-refractivity contribution in [3.05, 3.63) is 0 Å². The van der Waals surface area contributed by atoms with E-state index in [2.05, 4.69) is 41.5 Å². The highest BCUT2D eigenvalue weighted by atomic mass is 31.2. The summed E-state index contributed by atoms with van der Waals surface area (Å²) in [4.78, 5) is 72.4. The molecule has 0 rings (SSSR count). The van der Waals surface area contributed by atoms with Crippen LogP contribution >= 0.6 is 15.6 Å². The second-order valence-corrected chi connectivity index (χ2v) is 30.5. The molecule has 3 N–H and O–H groups in total. The van der Waals surface area contributed by atoms with Crippen molar-refractivity contribution in [3.8, 4) is 0 Å². The summed E-state index contributed by atoms with van der Waals surface area (Å²) in [6.45, 7) is 9.54. The molecule has 0 spiro atoms. The lowest BCUT2D eigenvalue weighted by molar-refractivity contribution is -0.161. The number of carbonyl (C=O) groups excluding carboxylic acids is 4. The number of ether oxygens (including phenoxy) is 4. The summed E-state index contributed by atoms with van der Waals surface area (Å²) in [5.41, 5.74) is 0. The predicted octanol–water partition coefficient (Wildman–Crippen LogP) is 21.6. The van der Waals surface area contributed by atoms with E-state index in [4.69, 9.17) is 37.0 Å². The molecule has 0 aliphatic rings. The molecule has 17 nitrogen and oxygen atoms in total. The lowest BCUT2D eigenvalue weighted by atomic mass is 10.0. The van der Waals surface area contributed by atoms with Crippen LogP contribution in [0.5, 0.6) is 0 Å². The van der Waals surface area contributed by atoms with Gasteiger partial charge in [-0.2, -0.15) is 0 Å². The normalized spacial score (nSPS) is 14.1. The largest absolute Gasteiger partial charge is 0.472 e. The summed E-state index contributed by atoms with van der Waals surface area (Å²) >= 11 is 0. The van der Waals surface area contributed by atoms with E-state index in [0.29, 0.717) is 25.7 Å². The Kier molecular flexibility index (Phi) is 64.6. The van der Waals surface area contributed by atoms with E-state index in [9.17, 15) is 43.2 Å². The van der Waals surface area contributed by atoms with E-state index >= 15 is 0 Å². The van der Waals surface area contributed by atoms with Crippen LogP contribution in [0, 0.1) is 11.8 Å². The summed E-state index contributed by atoms with van der Waals surface area (Å²) in [6.07, 6.45) is 53.1. The van der Waals surface area contributed by atoms with E-state index in [1.165, 1.54) is 193 Å². The van der Waals surface area contributed by atoms with Crippen molar-refractivity contribution in [3.63, 3.8) is 0 Å². The Morgan fingerprint density at radius 2 is 0.495 bits per heavy atom. The van der Waals surface area contributed by atoms with Crippen molar-refractivity contribution in [2.45, 2.75) is 400 Å². The van der Waals surface area contributed by atoms with Crippen molar-refractivity contribution in [2.75, 3.05) is 39.6 Å². The molecule has 0 aromatic heterocycles. The Bertz CT molecular complexity index is 1800. The Labute approximate surface area is 568 Å². The van der Waals surface area contributed by atoms with Crippen molar-refractivity contribution in [1.82, 2.24) is 0 Å². The van der Waals surface area contributed by atoms with Gasteiger partial charge in [-0.25, -0.2) is 9.13 Å². The van der Waals surface area contributed by atoms with E-state index in [1.54, 1.807) is 0 Å². The van der Waals surface area contributed by atoms with Gasteiger partial charge in [0.25, 0.3) is 0 Å². The number of aliphatic hydroxyl groups excluding tert-OH is 1. The average molecular weight is 1370 g/mol. The van der Waals surface area contributed by atoms with Crippen LogP contribution in [0.3, 0.4) is 0 Å². The highest BCUT2D eigenvalue weighted by Gasteiger charge is 2.30. The Hall–Kier alpha value is -1.94. The average Bonchev–Trinajstić information content (AvgIpc) is 3.18. The van der Waals surface area contributed by atoms with Crippen LogP contribution in [0.15, 0.2) is 0 Å². The fourth-order valence-corrected chi connectivity index (χ4v) is 12.9. The summed E-state index contributed by atoms with van der Waals surface area (Å²) in [5.74, 6) is -0.527. The van der Waals surface area contributed by atoms with Gasteiger partial charge in [-0.1, -0.05) is 330 Å². The van der Waals surface area contributed by atoms with E-state index in [1.807, 2.05) is 0 Å². The zero-order chi connectivity index (χ0) is 68.6. The minimum Gasteiger partial charge on any atom is -0.462 e. The molecule has 0 saturated heterocycles. The second kappa shape index (κ2) is 66.0. The topological polar surface area (TPSA) is 237 Å². The van der Waals surface area contributed by atoms with Gasteiger partial charge in [0, 0.05) is 25.7 Å². The van der Waals surface area contributed by atoms with Gasteiger partial charge in [-0.15, -0.1) is 0 Å².